The predicted molar refractivity (Wildman–Crippen MR) is 122 cm³/mol. The first kappa shape index (κ1) is 20.4. The molecule has 0 radical (unpaired) electrons. The maximum Gasteiger partial charge on any atom is 0.341 e. The van der Waals surface area contributed by atoms with E-state index in [1.165, 1.54) is 0 Å². The van der Waals surface area contributed by atoms with E-state index in [9.17, 15) is 4.79 Å². The van der Waals surface area contributed by atoms with Crippen LogP contribution >= 0.6 is 0 Å². The molecule has 31 heavy (non-hydrogen) atoms. The molecule has 5 heteroatoms. The Hall–Kier alpha value is -3.86. The van der Waals surface area contributed by atoms with Gasteiger partial charge in [-0.05, 0) is 30.7 Å². The van der Waals surface area contributed by atoms with Gasteiger partial charge in [-0.15, -0.1) is 0 Å². The summed E-state index contributed by atoms with van der Waals surface area (Å²) in [6.45, 7) is 2.63. The fourth-order valence-corrected chi connectivity index (χ4v) is 3.65. The second-order valence-corrected chi connectivity index (χ2v) is 7.22. The summed E-state index contributed by atoms with van der Waals surface area (Å²) in [4.78, 5) is 15.8. The number of imidazole rings is 1. The Kier molecular flexibility index (Phi) is 6.13. The highest BCUT2D eigenvalue weighted by Gasteiger charge is 2.20. The summed E-state index contributed by atoms with van der Waals surface area (Å²) in [7, 11) is 0. The van der Waals surface area contributed by atoms with Crippen LogP contribution in [0.25, 0.3) is 33.9 Å². The van der Waals surface area contributed by atoms with E-state index in [1.54, 1.807) is 12.1 Å². The van der Waals surface area contributed by atoms with E-state index in [0.29, 0.717) is 5.75 Å². The minimum absolute atomic E-state index is 0.361. The van der Waals surface area contributed by atoms with Crippen molar-refractivity contribution in [2.24, 2.45) is 0 Å². The van der Waals surface area contributed by atoms with Gasteiger partial charge in [0.1, 0.15) is 11.6 Å². The number of hydrogen-bond donors (Lipinski definition) is 1. The highest BCUT2D eigenvalue weighted by atomic mass is 16.5. The monoisotopic (exact) mass is 412 g/mol. The van der Waals surface area contributed by atoms with Crippen LogP contribution in [0.4, 0.5) is 0 Å². The van der Waals surface area contributed by atoms with Gasteiger partial charge in [-0.1, -0.05) is 67.6 Å². The van der Waals surface area contributed by atoms with Gasteiger partial charge in [-0.3, -0.25) is 0 Å². The minimum Gasteiger partial charge on any atom is -0.482 e. The standard InChI is InChI=1S/C26H24N2O3/c1-2-17-28-25(20-11-7-4-8-12-20)24(19-9-5-3-6-10-19)27-26(28)21-13-15-22(16-14-21)31-18-23(29)30/h3-16H,2,17-18H2,1H3,(H,29,30). The van der Waals surface area contributed by atoms with Crippen molar-refractivity contribution in [2.75, 3.05) is 6.61 Å². The molecule has 4 aromatic rings. The maximum absolute atomic E-state index is 10.7. The quantitative estimate of drug-likeness (QED) is 0.400. The third-order valence-corrected chi connectivity index (χ3v) is 4.98. The number of rotatable bonds is 8. The van der Waals surface area contributed by atoms with Crippen LogP contribution in [0.15, 0.2) is 84.9 Å². The summed E-state index contributed by atoms with van der Waals surface area (Å²) < 4.78 is 7.55. The molecule has 0 aliphatic carbocycles. The van der Waals surface area contributed by atoms with Gasteiger partial charge < -0.3 is 14.4 Å². The smallest absolute Gasteiger partial charge is 0.341 e. The molecule has 1 aromatic heterocycles. The van der Waals surface area contributed by atoms with Crippen LogP contribution in [0, 0.1) is 0 Å². The molecule has 0 spiro atoms. The fourth-order valence-electron chi connectivity index (χ4n) is 3.65. The van der Waals surface area contributed by atoms with Crippen LogP contribution in [-0.4, -0.2) is 27.2 Å². The molecule has 5 nitrogen and oxygen atoms in total. The van der Waals surface area contributed by atoms with E-state index in [1.807, 2.05) is 48.5 Å². The molecule has 1 heterocycles. The van der Waals surface area contributed by atoms with Crippen molar-refractivity contribution in [3.05, 3.63) is 84.9 Å². The van der Waals surface area contributed by atoms with Crippen molar-refractivity contribution < 1.29 is 14.6 Å². The molecule has 0 amide bonds. The lowest BCUT2D eigenvalue weighted by Crippen LogP contribution is -2.09. The van der Waals surface area contributed by atoms with Crippen molar-refractivity contribution in [1.82, 2.24) is 9.55 Å². The van der Waals surface area contributed by atoms with Gasteiger partial charge in [0.15, 0.2) is 6.61 Å². The summed E-state index contributed by atoms with van der Waals surface area (Å²) in [5.41, 5.74) is 5.18. The first-order chi connectivity index (χ1) is 15.2. The Bertz CT molecular complexity index is 1150. The van der Waals surface area contributed by atoms with Crippen LogP contribution in [0.1, 0.15) is 13.3 Å². The number of carboxylic acids is 1. The van der Waals surface area contributed by atoms with Gasteiger partial charge in [0.25, 0.3) is 0 Å². The zero-order valence-corrected chi connectivity index (χ0v) is 17.4. The molecule has 0 saturated heterocycles. The fraction of sp³-hybridized carbons (Fsp3) is 0.154. The number of nitrogens with zero attached hydrogens (tertiary/aromatic N) is 2. The van der Waals surface area contributed by atoms with Crippen LogP contribution < -0.4 is 4.74 Å². The second kappa shape index (κ2) is 9.30. The highest BCUT2D eigenvalue weighted by molar-refractivity contribution is 5.82. The summed E-state index contributed by atoms with van der Waals surface area (Å²) in [5.74, 6) is 0.401. The first-order valence-electron chi connectivity index (χ1n) is 10.3. The number of aromatic nitrogens is 2. The van der Waals surface area contributed by atoms with Crippen LogP contribution in [0.3, 0.4) is 0 Å². The Balaban J connectivity index is 1.85. The average molecular weight is 412 g/mol. The summed E-state index contributed by atoms with van der Waals surface area (Å²) in [5, 5.41) is 8.81. The van der Waals surface area contributed by atoms with E-state index in [-0.39, 0.29) is 6.61 Å². The van der Waals surface area contributed by atoms with Gasteiger partial charge in [-0.2, -0.15) is 0 Å². The molecule has 0 unspecified atom stereocenters. The zero-order chi connectivity index (χ0) is 21.6. The Morgan fingerprint density at radius 1 is 0.871 bits per heavy atom. The van der Waals surface area contributed by atoms with Crippen LogP contribution in [0.2, 0.25) is 0 Å². The SMILES string of the molecule is CCCn1c(-c2ccc(OCC(=O)O)cc2)nc(-c2ccccc2)c1-c1ccccc1. The summed E-state index contributed by atoms with van der Waals surface area (Å²) in [6.07, 6.45) is 0.969. The molecule has 0 bridgehead atoms. The molecule has 0 fully saturated rings. The lowest BCUT2D eigenvalue weighted by atomic mass is 10.0. The summed E-state index contributed by atoms with van der Waals surface area (Å²) in [6, 6.07) is 28.0. The van der Waals surface area contributed by atoms with E-state index in [4.69, 9.17) is 14.8 Å². The number of ether oxygens (including phenoxy) is 1. The maximum atomic E-state index is 10.7. The Labute approximate surface area is 181 Å². The number of carboxylic acid groups (broad SMARTS) is 1. The van der Waals surface area contributed by atoms with Crippen LogP contribution in [-0.2, 0) is 11.3 Å². The van der Waals surface area contributed by atoms with Crippen molar-refractivity contribution >= 4 is 5.97 Å². The highest BCUT2D eigenvalue weighted by Crippen LogP contribution is 2.36. The van der Waals surface area contributed by atoms with Gasteiger partial charge in [0.2, 0.25) is 0 Å². The van der Waals surface area contributed by atoms with Gasteiger partial charge in [-0.25, -0.2) is 9.78 Å². The van der Waals surface area contributed by atoms with Crippen molar-refractivity contribution in [2.45, 2.75) is 19.9 Å². The Morgan fingerprint density at radius 2 is 1.48 bits per heavy atom. The third kappa shape index (κ3) is 4.51. The predicted octanol–water partition coefficient (Wildman–Crippen LogP) is 5.76. The third-order valence-electron chi connectivity index (χ3n) is 4.98. The number of benzene rings is 3. The first-order valence-corrected chi connectivity index (χ1v) is 10.3. The van der Waals surface area contributed by atoms with E-state index >= 15 is 0 Å². The molecule has 4 rings (SSSR count). The normalized spacial score (nSPS) is 10.7. The van der Waals surface area contributed by atoms with Gasteiger partial charge in [0, 0.05) is 23.2 Å². The molecular weight excluding hydrogens is 388 g/mol. The molecule has 3 aromatic carbocycles. The number of hydrogen-bond acceptors (Lipinski definition) is 3. The number of aliphatic carboxylic acids is 1. The van der Waals surface area contributed by atoms with E-state index in [2.05, 4.69) is 35.8 Å². The van der Waals surface area contributed by atoms with Crippen LogP contribution in [0.5, 0.6) is 5.75 Å². The Morgan fingerprint density at radius 3 is 2.06 bits per heavy atom. The molecule has 0 saturated carbocycles. The zero-order valence-electron chi connectivity index (χ0n) is 17.4. The molecule has 0 atom stereocenters. The molecule has 156 valence electrons. The minimum atomic E-state index is -0.998. The van der Waals surface area contributed by atoms with E-state index in [0.717, 1.165) is 46.9 Å². The largest absolute Gasteiger partial charge is 0.482 e. The van der Waals surface area contributed by atoms with Gasteiger partial charge in [0.05, 0.1) is 11.4 Å². The topological polar surface area (TPSA) is 64.3 Å². The van der Waals surface area contributed by atoms with Gasteiger partial charge >= 0.3 is 5.97 Å². The summed E-state index contributed by atoms with van der Waals surface area (Å²) >= 11 is 0. The van der Waals surface area contributed by atoms with Crippen molar-refractivity contribution in [3.63, 3.8) is 0 Å². The number of carbonyl (C=O) groups is 1. The average Bonchev–Trinajstić information content (AvgIpc) is 3.19. The molecule has 0 aliphatic rings. The lowest BCUT2D eigenvalue weighted by Gasteiger charge is -2.13. The van der Waals surface area contributed by atoms with E-state index < -0.39 is 5.97 Å². The van der Waals surface area contributed by atoms with Crippen molar-refractivity contribution in [3.8, 4) is 39.7 Å². The molecular formula is C26H24N2O3. The molecule has 1 N–H and O–H groups in total. The lowest BCUT2D eigenvalue weighted by molar-refractivity contribution is -0.139. The molecule has 0 aliphatic heterocycles. The second-order valence-electron chi connectivity index (χ2n) is 7.22. The van der Waals surface area contributed by atoms with Crippen molar-refractivity contribution in [1.29, 1.82) is 0 Å².